The summed E-state index contributed by atoms with van der Waals surface area (Å²) in [4.78, 5) is 24.4. The number of hydrogen-bond donors (Lipinski definition) is 3. The second-order valence-electron chi connectivity index (χ2n) is 8.53. The molecule has 7 heteroatoms. The Kier molecular flexibility index (Phi) is 5.88. The van der Waals surface area contributed by atoms with Gasteiger partial charge in [-0.05, 0) is 41.0 Å². The van der Waals surface area contributed by atoms with E-state index in [1.165, 1.54) is 0 Å². The van der Waals surface area contributed by atoms with Gasteiger partial charge in [-0.1, -0.05) is 39.8 Å². The third-order valence-electron chi connectivity index (χ3n) is 5.37. The van der Waals surface area contributed by atoms with E-state index in [1.807, 2.05) is 30.5 Å². The van der Waals surface area contributed by atoms with Crippen LogP contribution < -0.4 is 11.1 Å². The first-order valence-corrected chi connectivity index (χ1v) is 9.71. The molecule has 1 unspecified atom stereocenters. The number of nitrogens with two attached hydrogens (primary N) is 1. The number of rotatable bonds is 6. The highest BCUT2D eigenvalue weighted by atomic mass is 16.5. The highest BCUT2D eigenvalue weighted by Gasteiger charge is 2.23. The number of hydrogen-bond acceptors (Lipinski definition) is 5. The van der Waals surface area contributed by atoms with Crippen molar-refractivity contribution in [3.05, 3.63) is 47.4 Å². The Balaban J connectivity index is 1.81. The van der Waals surface area contributed by atoms with Gasteiger partial charge >= 0.3 is 0 Å². The first kappa shape index (κ1) is 20.8. The molecular weight excluding hydrogens is 366 g/mol. The molecule has 1 aromatic carbocycles. The zero-order chi connectivity index (χ0) is 21.2. The molecule has 0 aliphatic carbocycles. The number of ether oxygens (including phenoxy) is 1. The number of amides is 1. The van der Waals surface area contributed by atoms with Crippen molar-refractivity contribution in [1.82, 2.24) is 15.0 Å². The van der Waals surface area contributed by atoms with E-state index in [-0.39, 0.29) is 11.2 Å². The monoisotopic (exact) mass is 395 g/mol. The summed E-state index contributed by atoms with van der Waals surface area (Å²) >= 11 is 0. The molecule has 0 radical (unpaired) electrons. The van der Waals surface area contributed by atoms with Crippen LogP contribution in [0, 0.1) is 11.3 Å². The van der Waals surface area contributed by atoms with Crippen molar-refractivity contribution >= 4 is 28.4 Å². The van der Waals surface area contributed by atoms with Crippen molar-refractivity contribution in [3.8, 4) is 0 Å². The average Bonchev–Trinajstić information content (AvgIpc) is 3.06. The summed E-state index contributed by atoms with van der Waals surface area (Å²) in [5.74, 6) is 0.392. The fraction of sp³-hybridized carbons (Fsp3) is 0.409. The summed E-state index contributed by atoms with van der Waals surface area (Å²) < 4.78 is 5.09. The summed E-state index contributed by atoms with van der Waals surface area (Å²) in [5.41, 5.74) is 9.71. The molecule has 154 valence electrons. The molecular formula is C22H29N5O2. The predicted molar refractivity (Wildman–Crippen MR) is 116 cm³/mol. The molecule has 0 fully saturated rings. The molecule has 0 spiro atoms. The molecule has 0 saturated carbocycles. The number of nitrogen functional groups attached to an aromatic ring is 1. The van der Waals surface area contributed by atoms with Crippen LogP contribution in [-0.2, 0) is 17.8 Å². The third kappa shape index (κ3) is 4.74. The van der Waals surface area contributed by atoms with E-state index in [1.54, 1.807) is 7.11 Å². The fourth-order valence-corrected chi connectivity index (χ4v) is 3.06. The average molecular weight is 396 g/mol. The van der Waals surface area contributed by atoms with Crippen LogP contribution in [0.4, 0.5) is 11.5 Å². The van der Waals surface area contributed by atoms with Crippen LogP contribution in [-0.4, -0.2) is 28.0 Å². The van der Waals surface area contributed by atoms with Gasteiger partial charge in [-0.25, -0.2) is 9.97 Å². The molecule has 2 aromatic heterocycles. The quantitative estimate of drug-likeness (QED) is 0.581. The number of methoxy groups -OCH3 is 1. The molecule has 29 heavy (non-hydrogen) atoms. The molecule has 0 bridgehead atoms. The minimum absolute atomic E-state index is 0.0354. The van der Waals surface area contributed by atoms with Gasteiger partial charge < -0.3 is 20.8 Å². The second-order valence-corrected chi connectivity index (χ2v) is 8.53. The smallest absolute Gasteiger partial charge is 0.293 e. The maximum Gasteiger partial charge on any atom is 0.293 e. The lowest BCUT2D eigenvalue weighted by molar-refractivity contribution is 0.101. The zero-order valence-electron chi connectivity index (χ0n) is 17.7. The molecule has 3 aromatic rings. The lowest BCUT2D eigenvalue weighted by atomic mass is 9.78. The zero-order valence-corrected chi connectivity index (χ0v) is 17.7. The van der Waals surface area contributed by atoms with Crippen LogP contribution in [0.25, 0.3) is 11.0 Å². The molecule has 0 saturated heterocycles. The van der Waals surface area contributed by atoms with Gasteiger partial charge in [0.2, 0.25) is 5.82 Å². The number of nitrogens with one attached hydrogen (secondary N) is 2. The van der Waals surface area contributed by atoms with Crippen molar-refractivity contribution in [2.45, 2.75) is 40.7 Å². The van der Waals surface area contributed by atoms with Crippen LogP contribution in [0.15, 0.2) is 30.5 Å². The maximum absolute atomic E-state index is 12.6. The summed E-state index contributed by atoms with van der Waals surface area (Å²) in [5, 5.41) is 3.60. The van der Waals surface area contributed by atoms with Crippen molar-refractivity contribution in [2.75, 3.05) is 18.2 Å². The molecule has 4 N–H and O–H groups in total. The van der Waals surface area contributed by atoms with Crippen LogP contribution in [0.1, 0.15) is 49.4 Å². The molecule has 2 heterocycles. The number of carbonyl (C=O) groups is 1. The van der Waals surface area contributed by atoms with Crippen LogP contribution in [0.5, 0.6) is 0 Å². The highest BCUT2D eigenvalue weighted by Crippen LogP contribution is 2.32. The lowest BCUT2D eigenvalue weighted by Crippen LogP contribution is -2.19. The van der Waals surface area contributed by atoms with Crippen LogP contribution in [0.3, 0.4) is 0 Å². The van der Waals surface area contributed by atoms with Gasteiger partial charge in [0.15, 0.2) is 0 Å². The van der Waals surface area contributed by atoms with E-state index in [9.17, 15) is 4.79 Å². The Morgan fingerprint density at radius 2 is 1.93 bits per heavy atom. The number of anilines is 2. The first-order chi connectivity index (χ1) is 13.7. The number of H-pyrrole nitrogens is 1. The Morgan fingerprint density at radius 1 is 1.24 bits per heavy atom. The van der Waals surface area contributed by atoms with Gasteiger partial charge in [0.25, 0.3) is 5.91 Å². The normalized spacial score (nSPS) is 12.9. The number of aromatic amines is 1. The standard InChI is InChI=1S/C22H29N5O2/c1-13(22(2,3)4)10-15-11-24-19-17(15)18(23)26-20(27-19)21(28)25-16-8-6-14(7-9-16)12-29-5/h6-9,11,13H,10,12H2,1-5H3,(H,25,28)(H3,23,24,26,27). The SMILES string of the molecule is COCc1ccc(NC(=O)c2nc(N)c3c(CC(C)C(C)(C)C)c[nH]c3n2)cc1. The number of aromatic nitrogens is 3. The van der Waals surface area contributed by atoms with E-state index in [4.69, 9.17) is 10.5 Å². The molecule has 0 aliphatic heterocycles. The lowest BCUT2D eigenvalue weighted by Gasteiger charge is -2.27. The van der Waals surface area contributed by atoms with Gasteiger partial charge in [0.1, 0.15) is 11.5 Å². The number of benzene rings is 1. The van der Waals surface area contributed by atoms with E-state index in [2.05, 4.69) is 48.0 Å². The highest BCUT2D eigenvalue weighted by molar-refractivity contribution is 6.03. The maximum atomic E-state index is 12.6. The second kappa shape index (κ2) is 8.21. The van der Waals surface area contributed by atoms with Crippen LogP contribution >= 0.6 is 0 Å². The summed E-state index contributed by atoms with van der Waals surface area (Å²) in [6.07, 6.45) is 2.77. The summed E-state index contributed by atoms with van der Waals surface area (Å²) in [7, 11) is 1.64. The van der Waals surface area contributed by atoms with Gasteiger partial charge in [0, 0.05) is 19.0 Å². The van der Waals surface area contributed by atoms with E-state index in [0.29, 0.717) is 29.7 Å². The van der Waals surface area contributed by atoms with Crippen LogP contribution in [0.2, 0.25) is 0 Å². The van der Waals surface area contributed by atoms with Gasteiger partial charge in [0.05, 0.1) is 12.0 Å². The topological polar surface area (TPSA) is 106 Å². The van der Waals surface area contributed by atoms with Crippen molar-refractivity contribution < 1.29 is 9.53 Å². The fourth-order valence-electron chi connectivity index (χ4n) is 3.06. The summed E-state index contributed by atoms with van der Waals surface area (Å²) in [6.45, 7) is 9.40. The Hall–Kier alpha value is -2.93. The molecule has 7 nitrogen and oxygen atoms in total. The largest absolute Gasteiger partial charge is 0.383 e. The molecule has 0 aliphatic rings. The third-order valence-corrected chi connectivity index (χ3v) is 5.37. The van der Waals surface area contributed by atoms with Crippen molar-refractivity contribution in [2.24, 2.45) is 11.3 Å². The van der Waals surface area contributed by atoms with Gasteiger partial charge in [-0.2, -0.15) is 0 Å². The van der Waals surface area contributed by atoms with Crippen molar-refractivity contribution in [3.63, 3.8) is 0 Å². The van der Waals surface area contributed by atoms with E-state index >= 15 is 0 Å². The number of nitrogens with zero attached hydrogens (tertiary/aromatic N) is 2. The Bertz CT molecular complexity index is 1000. The molecule has 1 amide bonds. The van der Waals surface area contributed by atoms with Gasteiger partial charge in [-0.15, -0.1) is 0 Å². The van der Waals surface area contributed by atoms with E-state index in [0.717, 1.165) is 22.9 Å². The first-order valence-electron chi connectivity index (χ1n) is 9.71. The summed E-state index contributed by atoms with van der Waals surface area (Å²) in [6, 6.07) is 7.42. The number of fused-ring (bicyclic) bond motifs is 1. The minimum atomic E-state index is -0.405. The minimum Gasteiger partial charge on any atom is -0.383 e. The molecule has 3 rings (SSSR count). The Labute approximate surface area is 171 Å². The predicted octanol–water partition coefficient (Wildman–Crippen LogP) is 4.16. The van der Waals surface area contributed by atoms with Crippen molar-refractivity contribution in [1.29, 1.82) is 0 Å². The number of carbonyl (C=O) groups excluding carboxylic acids is 1. The Morgan fingerprint density at radius 3 is 2.55 bits per heavy atom. The molecule has 1 atom stereocenters. The van der Waals surface area contributed by atoms with Gasteiger partial charge in [-0.3, -0.25) is 4.79 Å². The van der Waals surface area contributed by atoms with E-state index < -0.39 is 5.91 Å².